The largest absolute Gasteiger partial charge is 0.386 e. The molecule has 1 aliphatic heterocycles. The molecule has 112 valence electrons. The molecule has 1 saturated heterocycles. The first-order valence-corrected chi connectivity index (χ1v) is 7.44. The Morgan fingerprint density at radius 1 is 1.30 bits per heavy atom. The van der Waals surface area contributed by atoms with Crippen LogP contribution >= 0.6 is 0 Å². The van der Waals surface area contributed by atoms with Crippen molar-refractivity contribution in [1.29, 1.82) is 0 Å². The van der Waals surface area contributed by atoms with Gasteiger partial charge in [-0.1, -0.05) is 45.0 Å². The minimum Gasteiger partial charge on any atom is -0.386 e. The van der Waals surface area contributed by atoms with Crippen molar-refractivity contribution in [2.45, 2.75) is 51.2 Å². The maximum absolute atomic E-state index is 10.3. The van der Waals surface area contributed by atoms with Crippen molar-refractivity contribution >= 4 is 0 Å². The Labute approximate surface area is 122 Å². The van der Waals surface area contributed by atoms with E-state index in [1.807, 2.05) is 0 Å². The van der Waals surface area contributed by atoms with E-state index in [1.165, 1.54) is 11.1 Å². The van der Waals surface area contributed by atoms with E-state index in [-0.39, 0.29) is 11.5 Å². The summed E-state index contributed by atoms with van der Waals surface area (Å²) in [5, 5.41) is 13.7. The summed E-state index contributed by atoms with van der Waals surface area (Å²) in [7, 11) is 0. The third-order valence-corrected chi connectivity index (χ3v) is 4.10. The average Bonchev–Trinajstić information content (AvgIpc) is 2.83. The van der Waals surface area contributed by atoms with Crippen LogP contribution < -0.4 is 5.32 Å². The summed E-state index contributed by atoms with van der Waals surface area (Å²) in [6.45, 7) is 10.5. The first kappa shape index (κ1) is 15.5. The van der Waals surface area contributed by atoms with Crippen LogP contribution in [0.5, 0.6) is 0 Å². The molecule has 1 aromatic rings. The third kappa shape index (κ3) is 3.81. The van der Waals surface area contributed by atoms with Gasteiger partial charge in [0.25, 0.3) is 0 Å². The fourth-order valence-corrected chi connectivity index (χ4v) is 2.47. The minimum absolute atomic E-state index is 0.186. The number of aliphatic hydroxyl groups is 1. The molecule has 0 aromatic heterocycles. The van der Waals surface area contributed by atoms with Gasteiger partial charge < -0.3 is 15.2 Å². The van der Waals surface area contributed by atoms with Gasteiger partial charge in [-0.2, -0.15) is 0 Å². The van der Waals surface area contributed by atoms with E-state index in [0.29, 0.717) is 19.8 Å². The van der Waals surface area contributed by atoms with Crippen LogP contribution in [-0.4, -0.2) is 30.5 Å². The predicted octanol–water partition coefficient (Wildman–Crippen LogP) is 2.79. The van der Waals surface area contributed by atoms with Gasteiger partial charge in [-0.3, -0.25) is 0 Å². The lowest BCUT2D eigenvalue weighted by Crippen LogP contribution is -2.41. The summed E-state index contributed by atoms with van der Waals surface area (Å²) >= 11 is 0. The van der Waals surface area contributed by atoms with E-state index in [0.717, 1.165) is 6.42 Å². The topological polar surface area (TPSA) is 41.5 Å². The molecule has 1 aliphatic rings. The van der Waals surface area contributed by atoms with Gasteiger partial charge in [0.1, 0.15) is 5.60 Å². The highest BCUT2D eigenvalue weighted by Crippen LogP contribution is 2.24. The maximum Gasteiger partial charge on any atom is 0.103 e. The lowest BCUT2D eigenvalue weighted by Gasteiger charge is -2.25. The first-order chi connectivity index (χ1) is 9.30. The summed E-state index contributed by atoms with van der Waals surface area (Å²) in [5.74, 6) is 0. The van der Waals surface area contributed by atoms with E-state index in [9.17, 15) is 5.11 Å². The molecule has 2 unspecified atom stereocenters. The summed E-state index contributed by atoms with van der Waals surface area (Å²) in [6, 6.07) is 8.97. The molecule has 2 N–H and O–H groups in total. The first-order valence-electron chi connectivity index (χ1n) is 7.44. The van der Waals surface area contributed by atoms with Crippen LogP contribution in [0.15, 0.2) is 24.3 Å². The fourth-order valence-electron chi connectivity index (χ4n) is 2.47. The van der Waals surface area contributed by atoms with Gasteiger partial charge in [0.15, 0.2) is 0 Å². The predicted molar refractivity (Wildman–Crippen MR) is 81.9 cm³/mol. The van der Waals surface area contributed by atoms with Crippen molar-refractivity contribution < 1.29 is 9.84 Å². The number of benzene rings is 1. The van der Waals surface area contributed by atoms with Crippen LogP contribution in [0, 0.1) is 0 Å². The number of hydrogen-bond donors (Lipinski definition) is 2. The van der Waals surface area contributed by atoms with E-state index in [2.05, 4.69) is 57.3 Å². The molecule has 20 heavy (non-hydrogen) atoms. The average molecular weight is 277 g/mol. The Hall–Kier alpha value is -0.900. The molecule has 1 aromatic carbocycles. The van der Waals surface area contributed by atoms with Crippen molar-refractivity contribution in [3.05, 3.63) is 35.4 Å². The molecule has 0 spiro atoms. The standard InChI is InChI=1S/C17H27NO2/c1-13(18-11-17(19)9-10-20-12-17)14-5-7-15(8-6-14)16(2,3)4/h5-8,13,18-19H,9-12H2,1-4H3. The summed E-state index contributed by atoms with van der Waals surface area (Å²) in [5.41, 5.74) is 2.09. The highest BCUT2D eigenvalue weighted by molar-refractivity contribution is 5.29. The zero-order valence-corrected chi connectivity index (χ0v) is 13.1. The monoisotopic (exact) mass is 277 g/mol. The minimum atomic E-state index is -0.695. The van der Waals surface area contributed by atoms with Gasteiger partial charge in [0.2, 0.25) is 0 Å². The second-order valence-electron chi connectivity index (χ2n) is 7.00. The summed E-state index contributed by atoms with van der Waals surface area (Å²) in [4.78, 5) is 0. The second kappa shape index (κ2) is 5.84. The van der Waals surface area contributed by atoms with Crippen molar-refractivity contribution in [3.63, 3.8) is 0 Å². The van der Waals surface area contributed by atoms with Crippen LogP contribution in [0.25, 0.3) is 0 Å². The van der Waals surface area contributed by atoms with E-state index in [4.69, 9.17) is 4.74 Å². The third-order valence-electron chi connectivity index (χ3n) is 4.10. The molecule has 2 atom stereocenters. The molecular weight excluding hydrogens is 250 g/mol. The molecule has 3 nitrogen and oxygen atoms in total. The fraction of sp³-hybridized carbons (Fsp3) is 0.647. The molecule has 1 heterocycles. The van der Waals surface area contributed by atoms with E-state index < -0.39 is 5.60 Å². The molecule has 0 aliphatic carbocycles. The molecule has 1 fully saturated rings. The van der Waals surface area contributed by atoms with Crippen molar-refractivity contribution in [3.8, 4) is 0 Å². The van der Waals surface area contributed by atoms with Gasteiger partial charge in [-0.15, -0.1) is 0 Å². The molecule has 0 saturated carbocycles. The summed E-state index contributed by atoms with van der Waals surface area (Å²) < 4.78 is 5.26. The smallest absolute Gasteiger partial charge is 0.103 e. The molecule has 0 bridgehead atoms. The van der Waals surface area contributed by atoms with E-state index >= 15 is 0 Å². The van der Waals surface area contributed by atoms with Crippen LogP contribution in [0.2, 0.25) is 0 Å². The number of nitrogens with one attached hydrogen (secondary N) is 1. The van der Waals surface area contributed by atoms with Crippen LogP contribution in [0.4, 0.5) is 0 Å². The van der Waals surface area contributed by atoms with E-state index in [1.54, 1.807) is 0 Å². The second-order valence-corrected chi connectivity index (χ2v) is 7.00. The Kier molecular flexibility index (Phi) is 4.52. The Morgan fingerprint density at radius 3 is 2.45 bits per heavy atom. The van der Waals surface area contributed by atoms with Gasteiger partial charge in [-0.05, 0) is 23.5 Å². The molecule has 3 heteroatoms. The Balaban J connectivity index is 1.94. The van der Waals surface area contributed by atoms with Crippen molar-refractivity contribution in [1.82, 2.24) is 5.32 Å². The Morgan fingerprint density at radius 2 is 1.95 bits per heavy atom. The van der Waals surface area contributed by atoms with Gasteiger partial charge in [0.05, 0.1) is 6.61 Å². The van der Waals surface area contributed by atoms with Gasteiger partial charge in [-0.25, -0.2) is 0 Å². The normalized spacial score (nSPS) is 24.9. The number of hydrogen-bond acceptors (Lipinski definition) is 3. The molecule has 0 radical (unpaired) electrons. The van der Waals surface area contributed by atoms with Gasteiger partial charge >= 0.3 is 0 Å². The lowest BCUT2D eigenvalue weighted by atomic mass is 9.86. The summed E-state index contributed by atoms with van der Waals surface area (Å²) in [6.07, 6.45) is 0.718. The zero-order valence-electron chi connectivity index (χ0n) is 13.1. The lowest BCUT2D eigenvalue weighted by molar-refractivity contribution is 0.0252. The van der Waals surface area contributed by atoms with Crippen LogP contribution in [-0.2, 0) is 10.2 Å². The van der Waals surface area contributed by atoms with Crippen molar-refractivity contribution in [2.75, 3.05) is 19.8 Å². The maximum atomic E-state index is 10.3. The highest BCUT2D eigenvalue weighted by atomic mass is 16.5. The quantitative estimate of drug-likeness (QED) is 0.889. The number of ether oxygens (including phenoxy) is 1. The SMILES string of the molecule is CC(NCC1(O)CCOC1)c1ccc(C(C)(C)C)cc1. The zero-order chi connectivity index (χ0) is 14.8. The number of rotatable bonds is 4. The van der Waals surface area contributed by atoms with Crippen LogP contribution in [0.1, 0.15) is 51.3 Å². The van der Waals surface area contributed by atoms with Gasteiger partial charge in [0, 0.05) is 25.6 Å². The molecule has 2 rings (SSSR count). The van der Waals surface area contributed by atoms with Crippen LogP contribution in [0.3, 0.4) is 0 Å². The Bertz CT molecular complexity index is 427. The molecule has 0 amide bonds. The highest BCUT2D eigenvalue weighted by Gasteiger charge is 2.32. The van der Waals surface area contributed by atoms with Crippen molar-refractivity contribution in [2.24, 2.45) is 0 Å². The molecular formula is C17H27NO2.